The van der Waals surface area contributed by atoms with Gasteiger partial charge in [-0.2, -0.15) is 0 Å². The van der Waals surface area contributed by atoms with Gasteiger partial charge < -0.3 is 29.2 Å². The summed E-state index contributed by atoms with van der Waals surface area (Å²) in [5, 5.41) is 24.1. The molecule has 16 atom stereocenters. The molecule has 4 spiro atoms. The van der Waals surface area contributed by atoms with Gasteiger partial charge in [0.25, 0.3) is 0 Å². The maximum absolute atomic E-state index is 12.4. The number of aliphatic hydroxyl groups is 2. The van der Waals surface area contributed by atoms with Gasteiger partial charge >= 0.3 is 0 Å². The van der Waals surface area contributed by atoms with Crippen molar-refractivity contribution in [3.05, 3.63) is 23.3 Å². The number of fused-ring (bicyclic) bond motifs is 10. The molecule has 11 rings (SSSR count). The molecule has 3 aliphatic heterocycles. The van der Waals surface area contributed by atoms with Crippen molar-refractivity contribution >= 4 is 11.6 Å². The fraction of sp³-hybridized carbons (Fsp3) is 0.857. The minimum Gasteiger partial charge on any atom is -0.393 e. The molecule has 0 aromatic heterocycles. The molecule has 8 nitrogen and oxygen atoms in total. The molecule has 8 heteroatoms. The van der Waals surface area contributed by atoms with Crippen LogP contribution in [0.2, 0.25) is 0 Å². The molecule has 9 fully saturated rings. The standard InChI is InChI=1S/C42H56O8/c1-37-13-11-25(43)15-23(37)3-5-27-29-7-9-33-39(29,17-31(45)35(27)37)19-47-41(33)21-50-42(22-49-41)34-10-8-30-28-6-4-24-16-26(44)12-14-38(24,2)36(28)32(46)18-40(30,34)20-48-42/h15-16,27-36,45-46H,3-14,17-22H2,1-2H3. The highest BCUT2D eigenvalue weighted by Crippen LogP contribution is 2.73. The van der Waals surface area contributed by atoms with Gasteiger partial charge in [-0.15, -0.1) is 0 Å². The summed E-state index contributed by atoms with van der Waals surface area (Å²) in [7, 11) is 0. The summed E-state index contributed by atoms with van der Waals surface area (Å²) in [4.78, 5) is 24.7. The van der Waals surface area contributed by atoms with E-state index in [1.807, 2.05) is 12.2 Å². The molecule has 0 radical (unpaired) electrons. The Morgan fingerprint density at radius 3 is 1.42 bits per heavy atom. The molecule has 50 heavy (non-hydrogen) atoms. The average molecular weight is 689 g/mol. The fourth-order valence-corrected chi connectivity index (χ4v) is 16.6. The maximum atomic E-state index is 12.4. The van der Waals surface area contributed by atoms with Crippen LogP contribution in [0.15, 0.2) is 23.3 Å². The lowest BCUT2D eigenvalue weighted by Crippen LogP contribution is -2.61. The van der Waals surface area contributed by atoms with Crippen molar-refractivity contribution in [3.63, 3.8) is 0 Å². The van der Waals surface area contributed by atoms with Gasteiger partial charge in [-0.3, -0.25) is 9.59 Å². The zero-order chi connectivity index (χ0) is 34.1. The topological polar surface area (TPSA) is 112 Å². The summed E-state index contributed by atoms with van der Waals surface area (Å²) in [5.41, 5.74) is 2.17. The van der Waals surface area contributed by atoms with E-state index in [1.54, 1.807) is 0 Å². The third-order valence-electron chi connectivity index (χ3n) is 18.5. The molecule has 2 N–H and O–H groups in total. The van der Waals surface area contributed by atoms with Gasteiger partial charge in [0, 0.05) is 35.5 Å². The van der Waals surface area contributed by atoms with Crippen LogP contribution < -0.4 is 0 Å². The Morgan fingerprint density at radius 1 is 0.580 bits per heavy atom. The normalized spacial score (nSPS) is 59.0. The molecule has 0 aromatic carbocycles. The second kappa shape index (κ2) is 10.2. The van der Waals surface area contributed by atoms with Crippen LogP contribution in [0.5, 0.6) is 0 Å². The summed E-state index contributed by atoms with van der Waals surface area (Å²) in [6.45, 7) is 6.60. The summed E-state index contributed by atoms with van der Waals surface area (Å²) in [6, 6.07) is 0. The summed E-state index contributed by atoms with van der Waals surface area (Å²) >= 11 is 0. The Morgan fingerprint density at radius 2 is 1.00 bits per heavy atom. The van der Waals surface area contributed by atoms with E-state index in [-0.39, 0.29) is 56.9 Å². The predicted octanol–water partition coefficient (Wildman–Crippen LogP) is 5.68. The molecule has 8 aliphatic carbocycles. The highest BCUT2D eigenvalue weighted by atomic mass is 16.8. The first-order valence-electron chi connectivity index (χ1n) is 20.4. The van der Waals surface area contributed by atoms with Crippen molar-refractivity contribution in [1.29, 1.82) is 0 Å². The van der Waals surface area contributed by atoms with E-state index in [1.165, 1.54) is 11.1 Å². The van der Waals surface area contributed by atoms with Gasteiger partial charge in [-0.25, -0.2) is 0 Å². The number of ether oxygens (including phenoxy) is 4. The molecule has 272 valence electrons. The lowest BCUT2D eigenvalue weighted by atomic mass is 9.45. The van der Waals surface area contributed by atoms with E-state index in [4.69, 9.17) is 18.9 Å². The van der Waals surface area contributed by atoms with Crippen molar-refractivity contribution < 1.29 is 38.7 Å². The zero-order valence-corrected chi connectivity index (χ0v) is 30.0. The number of allylic oxidation sites excluding steroid dienone is 2. The van der Waals surface area contributed by atoms with Gasteiger partial charge in [0.2, 0.25) is 0 Å². The number of rotatable bonds is 0. The Bertz CT molecular complexity index is 1470. The van der Waals surface area contributed by atoms with Gasteiger partial charge in [0.1, 0.15) is 13.2 Å². The molecule has 3 saturated heterocycles. The number of carbonyl (C=O) groups excluding carboxylic acids is 2. The third kappa shape index (κ3) is 3.75. The van der Waals surface area contributed by atoms with E-state index in [0.29, 0.717) is 62.9 Å². The number of hydrogen-bond acceptors (Lipinski definition) is 8. The molecule has 0 aromatic rings. The maximum Gasteiger partial charge on any atom is 0.195 e. The lowest BCUT2D eigenvalue weighted by Gasteiger charge is -2.59. The van der Waals surface area contributed by atoms with Gasteiger partial charge in [-0.1, -0.05) is 25.0 Å². The number of hydrogen-bond donors (Lipinski definition) is 2. The first kappa shape index (κ1) is 32.0. The van der Waals surface area contributed by atoms with Crippen LogP contribution in [-0.4, -0.2) is 72.0 Å². The van der Waals surface area contributed by atoms with Crippen molar-refractivity contribution in [1.82, 2.24) is 0 Å². The van der Waals surface area contributed by atoms with E-state index in [0.717, 1.165) is 77.0 Å². The third-order valence-corrected chi connectivity index (χ3v) is 18.5. The largest absolute Gasteiger partial charge is 0.393 e. The van der Waals surface area contributed by atoms with Crippen LogP contribution in [0.1, 0.15) is 104 Å². The Hall–Kier alpha value is -1.42. The summed E-state index contributed by atoms with van der Waals surface area (Å²) < 4.78 is 27.7. The minimum atomic E-state index is -0.805. The molecular formula is C42H56O8. The van der Waals surface area contributed by atoms with Crippen molar-refractivity contribution in [3.8, 4) is 0 Å². The molecule has 0 bridgehead atoms. The smallest absolute Gasteiger partial charge is 0.195 e. The van der Waals surface area contributed by atoms with Crippen LogP contribution in [0.4, 0.5) is 0 Å². The summed E-state index contributed by atoms with van der Waals surface area (Å²) in [6.07, 6.45) is 15.8. The van der Waals surface area contributed by atoms with E-state index in [2.05, 4.69) is 13.8 Å². The molecule has 3 heterocycles. The lowest BCUT2D eigenvalue weighted by molar-refractivity contribution is -0.385. The van der Waals surface area contributed by atoms with Gasteiger partial charge in [-0.05, 0) is 136 Å². The Kier molecular flexibility index (Phi) is 6.54. The first-order valence-corrected chi connectivity index (χ1v) is 20.4. The van der Waals surface area contributed by atoms with Crippen molar-refractivity contribution in [2.45, 2.75) is 128 Å². The second-order valence-electron chi connectivity index (χ2n) is 19.8. The first-order chi connectivity index (χ1) is 24.0. The van der Waals surface area contributed by atoms with Crippen LogP contribution >= 0.6 is 0 Å². The van der Waals surface area contributed by atoms with Crippen molar-refractivity contribution in [2.24, 2.45) is 69.0 Å². The van der Waals surface area contributed by atoms with Crippen LogP contribution in [-0.2, 0) is 28.5 Å². The van der Waals surface area contributed by atoms with E-state index >= 15 is 0 Å². The van der Waals surface area contributed by atoms with E-state index < -0.39 is 23.8 Å². The zero-order valence-electron chi connectivity index (χ0n) is 30.0. The number of carbonyl (C=O) groups is 2. The molecule has 16 unspecified atom stereocenters. The predicted molar refractivity (Wildman–Crippen MR) is 181 cm³/mol. The van der Waals surface area contributed by atoms with Gasteiger partial charge in [0.15, 0.2) is 23.1 Å². The van der Waals surface area contributed by atoms with Gasteiger partial charge in [0.05, 0.1) is 25.4 Å². The number of ketones is 2. The molecule has 11 aliphatic rings. The fourth-order valence-electron chi connectivity index (χ4n) is 16.6. The second-order valence-corrected chi connectivity index (χ2v) is 19.8. The van der Waals surface area contributed by atoms with Crippen LogP contribution in [0.3, 0.4) is 0 Å². The summed E-state index contributed by atoms with van der Waals surface area (Å²) in [5.74, 6) is 1.52. The number of aliphatic hydroxyl groups excluding tert-OH is 2. The molecule has 6 saturated carbocycles. The monoisotopic (exact) mass is 688 g/mol. The van der Waals surface area contributed by atoms with E-state index in [9.17, 15) is 19.8 Å². The van der Waals surface area contributed by atoms with Crippen molar-refractivity contribution in [2.75, 3.05) is 26.4 Å². The Labute approximate surface area is 296 Å². The van der Waals surface area contributed by atoms with Crippen LogP contribution in [0.25, 0.3) is 0 Å². The highest BCUT2D eigenvalue weighted by molar-refractivity contribution is 5.92. The Balaban J connectivity index is 0.834. The average Bonchev–Trinajstić information content (AvgIpc) is 3.81. The SMILES string of the molecule is CC12CCC(=O)C=C1CCC1C2C(O)CC23COC4(COC5(CO4)OCC46CC(O)C7C(CCC8=CC(=O)CCC87C)C4CCC56)C2CCC13. The minimum absolute atomic E-state index is 0.0880. The quantitative estimate of drug-likeness (QED) is 0.335. The molecule has 0 amide bonds. The molecular weight excluding hydrogens is 632 g/mol. The van der Waals surface area contributed by atoms with Crippen LogP contribution in [0, 0.1) is 69.0 Å². The highest BCUT2D eigenvalue weighted by Gasteiger charge is 2.75.